The lowest BCUT2D eigenvalue weighted by molar-refractivity contribution is -0.191. The Hall–Kier alpha value is -4.81. The van der Waals surface area contributed by atoms with Crippen molar-refractivity contribution >= 4 is 22.8 Å². The normalized spacial score (nSPS) is 12.0. The molecule has 5 rings (SSSR count). The number of carbonyl (C=O) groups is 1. The number of ketones is 1. The molecule has 0 spiro atoms. The maximum Gasteiger partial charge on any atom is 0.396 e. The van der Waals surface area contributed by atoms with Gasteiger partial charge in [0.05, 0.1) is 23.7 Å². The summed E-state index contributed by atoms with van der Waals surface area (Å²) in [6, 6.07) is 29.8. The lowest BCUT2D eigenvalue weighted by atomic mass is 9.88. The molecule has 4 aromatic carbocycles. The Balaban J connectivity index is 0.00000135. The van der Waals surface area contributed by atoms with E-state index in [-0.39, 0.29) is 23.2 Å². The van der Waals surface area contributed by atoms with Crippen molar-refractivity contribution in [2.45, 2.75) is 51.7 Å². The number of aryl methyl sites for hydroxylation is 1. The molecule has 1 aromatic heterocycles. The fraction of sp³-hybridized carbons (Fsp3) is 0.229. The monoisotopic (exact) mass is 584 g/mol. The van der Waals surface area contributed by atoms with Gasteiger partial charge in [-0.3, -0.25) is 9.48 Å². The topological polar surface area (TPSA) is 69.0 Å². The predicted octanol–water partition coefficient (Wildman–Crippen LogP) is 8.52. The first-order valence-electron chi connectivity index (χ1n) is 13.8. The number of fused-ring (bicyclic) bond motifs is 1. The molecule has 0 fully saturated rings. The second-order valence-corrected chi connectivity index (χ2v) is 10.7. The molecule has 0 aliphatic carbocycles. The first-order chi connectivity index (χ1) is 20.5. The molecule has 0 N–H and O–H groups in total. The number of alkyl halides is 3. The number of aromatic nitrogens is 2. The van der Waals surface area contributed by atoms with Crippen molar-refractivity contribution in [3.63, 3.8) is 0 Å². The average molecular weight is 585 g/mol. The third-order valence-electron chi connectivity index (χ3n) is 7.42. The first kappa shape index (κ1) is 31.1. The van der Waals surface area contributed by atoms with Crippen LogP contribution in [0.2, 0.25) is 0 Å². The quantitative estimate of drug-likeness (QED) is 0.172. The van der Waals surface area contributed by atoms with Gasteiger partial charge in [-0.1, -0.05) is 105 Å². The van der Waals surface area contributed by atoms with E-state index in [1.54, 1.807) is 30.3 Å². The Kier molecular flexibility index (Phi) is 9.73. The zero-order valence-electron chi connectivity index (χ0n) is 24.1. The molecule has 0 radical (unpaired) electrons. The van der Waals surface area contributed by atoms with E-state index in [9.17, 15) is 18.0 Å². The van der Waals surface area contributed by atoms with Gasteiger partial charge in [-0.25, -0.2) is 0 Å². The molecular weight excluding hydrogens is 553 g/mol. The second-order valence-electron chi connectivity index (χ2n) is 10.7. The Labute approximate surface area is 248 Å². The van der Waals surface area contributed by atoms with Gasteiger partial charge in [0, 0.05) is 17.4 Å². The van der Waals surface area contributed by atoms with Crippen molar-refractivity contribution in [3.05, 3.63) is 125 Å². The summed E-state index contributed by atoms with van der Waals surface area (Å²) in [4.78, 5) is 29.5. The molecule has 1 heterocycles. The van der Waals surface area contributed by atoms with Crippen LogP contribution in [0, 0.1) is 6.92 Å². The largest absolute Gasteiger partial charge is 0.396 e. The van der Waals surface area contributed by atoms with Crippen molar-refractivity contribution in [2.24, 2.45) is 0 Å². The summed E-state index contributed by atoms with van der Waals surface area (Å²) in [5.74, 6) is -2.33. The van der Waals surface area contributed by atoms with E-state index in [0.717, 1.165) is 38.9 Å². The first-order valence-corrected chi connectivity index (χ1v) is 13.8. The summed E-state index contributed by atoms with van der Waals surface area (Å²) in [5, 5.41) is 5.54. The van der Waals surface area contributed by atoms with E-state index in [1.165, 1.54) is 6.07 Å². The van der Waals surface area contributed by atoms with E-state index in [4.69, 9.17) is 9.59 Å². The average Bonchev–Trinajstić information content (AvgIpc) is 3.30. The second kappa shape index (κ2) is 13.4. The van der Waals surface area contributed by atoms with Gasteiger partial charge in [-0.2, -0.15) is 27.9 Å². The Bertz CT molecular complexity index is 1730. The minimum absolute atomic E-state index is 0.0880. The molecule has 5 nitrogen and oxygen atoms in total. The van der Waals surface area contributed by atoms with E-state index in [0.29, 0.717) is 6.54 Å². The van der Waals surface area contributed by atoms with E-state index in [2.05, 4.69) is 29.4 Å². The van der Waals surface area contributed by atoms with Gasteiger partial charge in [-0.15, -0.1) is 0 Å². The van der Waals surface area contributed by atoms with Gasteiger partial charge in [0.25, 0.3) is 0 Å². The molecule has 0 saturated heterocycles. The lowest BCUT2D eigenvalue weighted by Crippen LogP contribution is -2.24. The highest BCUT2D eigenvalue weighted by atomic mass is 19.4. The fourth-order valence-corrected chi connectivity index (χ4v) is 5.10. The molecule has 220 valence electrons. The van der Waals surface area contributed by atoms with Crippen molar-refractivity contribution < 1.29 is 27.6 Å². The molecule has 0 saturated carbocycles. The number of hydrogen-bond acceptors (Lipinski definition) is 4. The summed E-state index contributed by atoms with van der Waals surface area (Å²) < 4.78 is 44.3. The molecule has 0 amide bonds. The number of Topliss-reactive ketones (excluding diaryl/α,β-unsaturated/α-hetero) is 1. The molecular formula is C35H31F3N2O3. The fourth-order valence-electron chi connectivity index (χ4n) is 5.10. The molecule has 8 heteroatoms. The number of halogens is 3. The third kappa shape index (κ3) is 7.53. The smallest absolute Gasteiger partial charge is 0.294 e. The van der Waals surface area contributed by atoms with Gasteiger partial charge in [-0.05, 0) is 46.7 Å². The molecule has 0 bridgehead atoms. The molecule has 1 atom stereocenters. The van der Waals surface area contributed by atoms with Crippen LogP contribution in [0.25, 0.3) is 22.0 Å². The maximum absolute atomic E-state index is 14.1. The summed E-state index contributed by atoms with van der Waals surface area (Å²) >= 11 is 0. The predicted molar refractivity (Wildman–Crippen MR) is 159 cm³/mol. The van der Waals surface area contributed by atoms with Crippen LogP contribution in [0.3, 0.4) is 0 Å². The number of nitrogens with zero attached hydrogens (tertiary/aromatic N) is 2. The maximum atomic E-state index is 14.1. The minimum Gasteiger partial charge on any atom is -0.294 e. The highest BCUT2D eigenvalue weighted by Gasteiger charge is 2.42. The van der Waals surface area contributed by atoms with Crippen molar-refractivity contribution in [1.82, 2.24) is 9.78 Å². The van der Waals surface area contributed by atoms with E-state index in [1.807, 2.05) is 61.9 Å². The van der Waals surface area contributed by atoms with E-state index >= 15 is 0 Å². The van der Waals surface area contributed by atoms with Crippen molar-refractivity contribution in [1.29, 1.82) is 0 Å². The van der Waals surface area contributed by atoms with Crippen LogP contribution in [-0.4, -0.2) is 27.9 Å². The zero-order valence-corrected chi connectivity index (χ0v) is 24.1. The van der Waals surface area contributed by atoms with Crippen molar-refractivity contribution in [3.8, 4) is 11.1 Å². The van der Waals surface area contributed by atoms with Crippen LogP contribution in [0.4, 0.5) is 13.2 Å². The Morgan fingerprint density at radius 3 is 2.09 bits per heavy atom. The zero-order chi connectivity index (χ0) is 31.1. The van der Waals surface area contributed by atoms with Gasteiger partial charge in [0.1, 0.15) is 0 Å². The molecule has 43 heavy (non-hydrogen) atoms. The third-order valence-corrected chi connectivity index (χ3v) is 7.42. The summed E-state index contributed by atoms with van der Waals surface area (Å²) in [6.07, 6.45) is -4.94. The van der Waals surface area contributed by atoms with Crippen LogP contribution in [0.1, 0.15) is 64.8 Å². The number of rotatable bonds is 8. The van der Waals surface area contributed by atoms with Gasteiger partial charge in [0.2, 0.25) is 0 Å². The van der Waals surface area contributed by atoms with E-state index < -0.39 is 24.3 Å². The number of carbonyl (C=O) groups excluding carboxylic acids is 3. The van der Waals surface area contributed by atoms with Crippen LogP contribution in [0.5, 0.6) is 0 Å². The van der Waals surface area contributed by atoms with Crippen molar-refractivity contribution in [2.75, 3.05) is 0 Å². The number of hydrogen-bond donors (Lipinski definition) is 0. The SMILES string of the molecule is Cc1nn(Cc2ccc(-c3ccccc3)cc2)c2cc(C(=O)C[C@H](c3cccc(C(C)C)c3)C(F)(F)F)ccc12.O=C=O. The highest BCUT2D eigenvalue weighted by molar-refractivity contribution is 6.00. The van der Waals surface area contributed by atoms with Crippen LogP contribution in [-0.2, 0) is 16.1 Å². The summed E-state index contributed by atoms with van der Waals surface area (Å²) in [7, 11) is 0. The molecule has 0 aliphatic rings. The Morgan fingerprint density at radius 2 is 1.47 bits per heavy atom. The lowest BCUT2D eigenvalue weighted by Gasteiger charge is -2.21. The standard InChI is InChI=1S/C34H31F3N2O.CO2/c1-22(2)27-10-7-11-28(18-27)31(34(35,36)37)20-33(40)29-16-17-30-23(3)38-39(32(30)19-29)21-24-12-14-26(15-13-24)25-8-5-4-6-9-25;2-1-3/h4-19,22,31H,20-21H2,1-3H3;/t31-;/m1./s1. The van der Waals surface area contributed by atoms with Crippen LogP contribution < -0.4 is 0 Å². The number of benzene rings is 4. The molecule has 0 aliphatic heterocycles. The molecule has 5 aromatic rings. The summed E-state index contributed by atoms with van der Waals surface area (Å²) in [5.41, 5.74) is 5.98. The van der Waals surface area contributed by atoms with Crippen LogP contribution in [0.15, 0.2) is 97.1 Å². The van der Waals surface area contributed by atoms with Crippen LogP contribution >= 0.6 is 0 Å². The minimum atomic E-state index is -4.54. The summed E-state index contributed by atoms with van der Waals surface area (Å²) in [6.45, 7) is 6.24. The highest BCUT2D eigenvalue weighted by Crippen LogP contribution is 2.39. The van der Waals surface area contributed by atoms with Gasteiger partial charge in [0.15, 0.2) is 5.78 Å². The van der Waals surface area contributed by atoms with Gasteiger partial charge < -0.3 is 0 Å². The molecule has 0 unspecified atom stereocenters. The Morgan fingerprint density at radius 1 is 0.837 bits per heavy atom. The van der Waals surface area contributed by atoms with Gasteiger partial charge >= 0.3 is 12.3 Å².